The lowest BCUT2D eigenvalue weighted by Gasteiger charge is -2.11. The summed E-state index contributed by atoms with van der Waals surface area (Å²) in [5.74, 6) is -1.18. The number of carbonyl (C=O) groups is 2. The highest BCUT2D eigenvalue weighted by molar-refractivity contribution is 5.99. The normalized spacial score (nSPS) is 10.2. The molecule has 0 heterocycles. The van der Waals surface area contributed by atoms with Crippen LogP contribution in [0.4, 0.5) is 5.69 Å². The number of anilines is 1. The van der Waals surface area contributed by atoms with Crippen LogP contribution >= 0.6 is 0 Å². The minimum atomic E-state index is -0.588. The molecule has 0 atom stereocenters. The number of nitrogens with one attached hydrogen (secondary N) is 1. The van der Waals surface area contributed by atoms with Crippen molar-refractivity contribution >= 4 is 17.5 Å². The molecule has 0 bridgehead atoms. The molecule has 0 aliphatic carbocycles. The number of benzene rings is 1. The van der Waals surface area contributed by atoms with Gasteiger partial charge in [-0.15, -0.1) is 0 Å². The molecule has 1 aromatic carbocycles. The van der Waals surface area contributed by atoms with Crippen molar-refractivity contribution in [1.29, 1.82) is 0 Å². The average Bonchev–Trinajstić information content (AvgIpc) is 2.15. The Morgan fingerprint density at radius 2 is 1.50 bits per heavy atom. The van der Waals surface area contributed by atoms with E-state index in [0.717, 1.165) is 0 Å². The Hall–Kier alpha value is -2.04. The SMILES string of the molecule is CC(C)Nc1cc(C(N)=O)cc(C(N)=O)c1. The van der Waals surface area contributed by atoms with Crippen molar-refractivity contribution in [3.05, 3.63) is 29.3 Å². The van der Waals surface area contributed by atoms with Gasteiger partial charge in [-0.25, -0.2) is 0 Å². The molecule has 0 spiro atoms. The summed E-state index contributed by atoms with van der Waals surface area (Å²) in [7, 11) is 0. The third-order valence-corrected chi connectivity index (χ3v) is 1.96. The van der Waals surface area contributed by atoms with E-state index < -0.39 is 11.8 Å². The first-order valence-electron chi connectivity index (χ1n) is 4.91. The summed E-state index contributed by atoms with van der Waals surface area (Å²) in [6.07, 6.45) is 0. The van der Waals surface area contributed by atoms with Crippen LogP contribution in [0.3, 0.4) is 0 Å². The minimum Gasteiger partial charge on any atom is -0.383 e. The van der Waals surface area contributed by atoms with Crippen LogP contribution < -0.4 is 16.8 Å². The Morgan fingerprint density at radius 3 is 1.81 bits per heavy atom. The predicted octanol–water partition coefficient (Wildman–Crippen LogP) is 0.705. The van der Waals surface area contributed by atoms with Gasteiger partial charge in [-0.3, -0.25) is 9.59 Å². The summed E-state index contributed by atoms with van der Waals surface area (Å²) in [4.78, 5) is 22.1. The summed E-state index contributed by atoms with van der Waals surface area (Å²) in [6.45, 7) is 3.89. The van der Waals surface area contributed by atoms with E-state index in [1.807, 2.05) is 13.8 Å². The van der Waals surface area contributed by atoms with Crippen LogP contribution in [0.5, 0.6) is 0 Å². The van der Waals surface area contributed by atoms with Crippen LogP contribution in [-0.2, 0) is 0 Å². The van der Waals surface area contributed by atoms with E-state index in [1.54, 1.807) is 12.1 Å². The van der Waals surface area contributed by atoms with Gasteiger partial charge in [0.15, 0.2) is 0 Å². The predicted molar refractivity (Wildman–Crippen MR) is 62.2 cm³/mol. The van der Waals surface area contributed by atoms with Crippen LogP contribution in [0.2, 0.25) is 0 Å². The molecule has 0 aromatic heterocycles. The summed E-state index contributed by atoms with van der Waals surface area (Å²) in [5, 5.41) is 3.08. The Balaban J connectivity index is 3.18. The molecule has 1 aromatic rings. The van der Waals surface area contributed by atoms with Crippen molar-refractivity contribution in [3.63, 3.8) is 0 Å². The van der Waals surface area contributed by atoms with Gasteiger partial charge < -0.3 is 16.8 Å². The third-order valence-electron chi connectivity index (χ3n) is 1.96. The topological polar surface area (TPSA) is 98.2 Å². The standard InChI is InChI=1S/C11H15N3O2/c1-6(2)14-9-4-7(10(12)15)3-8(5-9)11(13)16/h3-6,14H,1-2H3,(H2,12,15)(H2,13,16). The molecular weight excluding hydrogens is 206 g/mol. The van der Waals surface area contributed by atoms with Crippen LogP contribution in [0, 0.1) is 0 Å². The zero-order chi connectivity index (χ0) is 12.3. The maximum Gasteiger partial charge on any atom is 0.248 e. The van der Waals surface area contributed by atoms with E-state index in [2.05, 4.69) is 5.32 Å². The van der Waals surface area contributed by atoms with Crippen molar-refractivity contribution < 1.29 is 9.59 Å². The van der Waals surface area contributed by atoms with E-state index in [0.29, 0.717) is 5.69 Å². The number of primary amides is 2. The maximum atomic E-state index is 11.1. The molecule has 5 heteroatoms. The lowest BCUT2D eigenvalue weighted by molar-refractivity contribution is 0.0999. The molecule has 2 amide bonds. The van der Waals surface area contributed by atoms with E-state index in [4.69, 9.17) is 11.5 Å². The van der Waals surface area contributed by atoms with Gasteiger partial charge in [0.05, 0.1) is 0 Å². The summed E-state index contributed by atoms with van der Waals surface area (Å²) >= 11 is 0. The Bertz CT molecular complexity index is 395. The molecule has 16 heavy (non-hydrogen) atoms. The van der Waals surface area contributed by atoms with Crippen molar-refractivity contribution in [2.24, 2.45) is 11.5 Å². The number of amides is 2. The van der Waals surface area contributed by atoms with Gasteiger partial charge in [0.1, 0.15) is 0 Å². The summed E-state index contributed by atoms with van der Waals surface area (Å²) in [6, 6.07) is 4.75. The number of hydrogen-bond acceptors (Lipinski definition) is 3. The fourth-order valence-corrected chi connectivity index (χ4v) is 1.33. The van der Waals surface area contributed by atoms with Gasteiger partial charge in [-0.2, -0.15) is 0 Å². The van der Waals surface area contributed by atoms with E-state index >= 15 is 0 Å². The molecule has 5 N–H and O–H groups in total. The molecule has 5 nitrogen and oxygen atoms in total. The molecule has 1 rings (SSSR count). The van der Waals surface area contributed by atoms with Crippen LogP contribution in [-0.4, -0.2) is 17.9 Å². The Labute approximate surface area is 93.8 Å². The highest BCUT2D eigenvalue weighted by Gasteiger charge is 2.09. The molecule has 0 aliphatic heterocycles. The lowest BCUT2D eigenvalue weighted by Crippen LogP contribution is -2.17. The van der Waals surface area contributed by atoms with Gasteiger partial charge >= 0.3 is 0 Å². The minimum absolute atomic E-state index is 0.184. The fourth-order valence-electron chi connectivity index (χ4n) is 1.33. The fraction of sp³-hybridized carbons (Fsp3) is 0.273. The summed E-state index contributed by atoms with van der Waals surface area (Å²) < 4.78 is 0. The second-order valence-electron chi connectivity index (χ2n) is 3.83. The van der Waals surface area contributed by atoms with Gasteiger partial charge in [0, 0.05) is 22.9 Å². The van der Waals surface area contributed by atoms with Gasteiger partial charge in [-0.1, -0.05) is 0 Å². The van der Waals surface area contributed by atoms with Crippen molar-refractivity contribution in [2.75, 3.05) is 5.32 Å². The zero-order valence-electron chi connectivity index (χ0n) is 9.28. The van der Waals surface area contributed by atoms with Gasteiger partial charge in [-0.05, 0) is 32.0 Å². The zero-order valence-corrected chi connectivity index (χ0v) is 9.28. The Kier molecular flexibility index (Phi) is 3.50. The number of carbonyl (C=O) groups excluding carboxylic acids is 2. The highest BCUT2D eigenvalue weighted by atomic mass is 16.1. The van der Waals surface area contributed by atoms with Crippen molar-refractivity contribution in [3.8, 4) is 0 Å². The van der Waals surface area contributed by atoms with Gasteiger partial charge in [0.2, 0.25) is 11.8 Å². The first kappa shape index (κ1) is 12.0. The van der Waals surface area contributed by atoms with Crippen LogP contribution in [0.15, 0.2) is 18.2 Å². The molecule has 0 saturated carbocycles. The maximum absolute atomic E-state index is 11.1. The molecule has 0 fully saturated rings. The monoisotopic (exact) mass is 221 g/mol. The van der Waals surface area contributed by atoms with Crippen LogP contribution in [0.1, 0.15) is 34.6 Å². The average molecular weight is 221 g/mol. The number of hydrogen-bond donors (Lipinski definition) is 3. The molecule has 0 unspecified atom stereocenters. The Morgan fingerprint density at radius 1 is 1.06 bits per heavy atom. The van der Waals surface area contributed by atoms with E-state index in [-0.39, 0.29) is 17.2 Å². The molecule has 0 radical (unpaired) electrons. The first-order valence-corrected chi connectivity index (χ1v) is 4.91. The quantitative estimate of drug-likeness (QED) is 0.698. The lowest BCUT2D eigenvalue weighted by atomic mass is 10.1. The van der Waals surface area contributed by atoms with Gasteiger partial charge in [0.25, 0.3) is 0 Å². The third kappa shape index (κ3) is 2.98. The summed E-state index contributed by atoms with van der Waals surface area (Å²) in [5.41, 5.74) is 11.5. The second-order valence-corrected chi connectivity index (χ2v) is 3.83. The first-order chi connectivity index (χ1) is 7.40. The highest BCUT2D eigenvalue weighted by Crippen LogP contribution is 2.15. The van der Waals surface area contributed by atoms with Crippen LogP contribution in [0.25, 0.3) is 0 Å². The number of rotatable bonds is 4. The van der Waals surface area contributed by atoms with Crippen molar-refractivity contribution in [1.82, 2.24) is 0 Å². The smallest absolute Gasteiger partial charge is 0.248 e. The molecular formula is C11H15N3O2. The second kappa shape index (κ2) is 4.65. The van der Waals surface area contributed by atoms with Crippen molar-refractivity contribution in [2.45, 2.75) is 19.9 Å². The largest absolute Gasteiger partial charge is 0.383 e. The number of nitrogens with two attached hydrogens (primary N) is 2. The molecule has 0 aliphatic rings. The van der Waals surface area contributed by atoms with E-state index in [1.165, 1.54) is 6.07 Å². The van der Waals surface area contributed by atoms with E-state index in [9.17, 15) is 9.59 Å². The molecule has 86 valence electrons. The molecule has 0 saturated heterocycles.